The largest absolute Gasteiger partial charge is 0.392 e. The molecule has 1 atom stereocenters. The molecule has 0 radical (unpaired) electrons. The number of benzene rings is 2. The molecule has 2 aromatic carbocycles. The summed E-state index contributed by atoms with van der Waals surface area (Å²) in [5.41, 5.74) is 4.41. The van der Waals surface area contributed by atoms with Crippen LogP contribution in [0.25, 0.3) is 0 Å². The van der Waals surface area contributed by atoms with Gasteiger partial charge in [0.15, 0.2) is 0 Å². The van der Waals surface area contributed by atoms with Gasteiger partial charge in [-0.1, -0.05) is 35.9 Å². The normalized spacial score (nSPS) is 18.4. The third kappa shape index (κ3) is 6.40. The Hall–Kier alpha value is -2.75. The zero-order valence-electron chi connectivity index (χ0n) is 19.0. The Kier molecular flexibility index (Phi) is 8.23. The lowest BCUT2D eigenvalue weighted by Crippen LogP contribution is -2.49. The Balaban J connectivity index is 0.000000186. The van der Waals surface area contributed by atoms with Crippen LogP contribution in [0.3, 0.4) is 0 Å². The number of aryl methyl sites for hydroxylation is 2. The van der Waals surface area contributed by atoms with E-state index >= 15 is 0 Å². The molecule has 4 rings (SSSR count). The Labute approximate surface area is 195 Å². The van der Waals surface area contributed by atoms with Crippen molar-refractivity contribution in [2.24, 2.45) is 0 Å². The summed E-state index contributed by atoms with van der Waals surface area (Å²) >= 11 is 0. The first-order valence-corrected chi connectivity index (χ1v) is 12.5. The first-order valence-electron chi connectivity index (χ1n) is 11.0. The Morgan fingerprint density at radius 1 is 1.21 bits per heavy atom. The van der Waals surface area contributed by atoms with Gasteiger partial charge in [0.1, 0.15) is 0 Å². The van der Waals surface area contributed by atoms with Crippen molar-refractivity contribution in [3.8, 4) is 0 Å². The molecule has 0 unspecified atom stereocenters. The highest BCUT2D eigenvalue weighted by Gasteiger charge is 2.28. The molecule has 0 aromatic heterocycles. The van der Waals surface area contributed by atoms with E-state index < -0.39 is 10.0 Å². The number of nitrogens with one attached hydrogen (secondary N) is 2. The van der Waals surface area contributed by atoms with Gasteiger partial charge in [-0.3, -0.25) is 9.59 Å². The fourth-order valence-electron chi connectivity index (χ4n) is 4.04. The van der Waals surface area contributed by atoms with Crippen LogP contribution in [0.5, 0.6) is 0 Å². The van der Waals surface area contributed by atoms with E-state index in [0.717, 1.165) is 30.4 Å². The second kappa shape index (κ2) is 10.9. The van der Waals surface area contributed by atoms with Crippen LogP contribution in [0.2, 0.25) is 0 Å². The van der Waals surface area contributed by atoms with Crippen LogP contribution in [-0.2, 0) is 32.6 Å². The lowest BCUT2D eigenvalue weighted by molar-refractivity contribution is -0.122. The Morgan fingerprint density at radius 3 is 2.58 bits per heavy atom. The van der Waals surface area contributed by atoms with E-state index in [9.17, 15) is 18.0 Å². The third-order valence-electron chi connectivity index (χ3n) is 5.74. The van der Waals surface area contributed by atoms with Gasteiger partial charge < -0.3 is 15.7 Å². The fourth-order valence-corrected chi connectivity index (χ4v) is 5.44. The molecule has 2 amide bonds. The molecular weight excluding hydrogens is 442 g/mol. The van der Waals surface area contributed by atoms with Crippen molar-refractivity contribution < 1.29 is 23.1 Å². The lowest BCUT2D eigenvalue weighted by Gasteiger charge is -2.26. The molecule has 1 saturated heterocycles. The molecule has 2 aliphatic rings. The van der Waals surface area contributed by atoms with E-state index in [-0.39, 0.29) is 35.9 Å². The van der Waals surface area contributed by atoms with E-state index in [4.69, 9.17) is 5.11 Å². The molecule has 9 heteroatoms. The van der Waals surface area contributed by atoms with Crippen molar-refractivity contribution in [2.45, 2.75) is 50.7 Å². The maximum atomic E-state index is 12.2. The number of hydrogen-bond acceptors (Lipinski definition) is 5. The van der Waals surface area contributed by atoms with Crippen LogP contribution in [-0.4, -0.2) is 49.3 Å². The summed E-state index contributed by atoms with van der Waals surface area (Å²) in [6.45, 7) is 4.11. The number of fused-ring (bicyclic) bond motifs is 1. The molecule has 8 nitrogen and oxygen atoms in total. The summed E-state index contributed by atoms with van der Waals surface area (Å²) < 4.78 is 25.6. The number of sulfonamides is 1. The molecule has 2 aromatic rings. The SMILES string of the molecule is CC(=O)N[C@@H]1CCCc2cc(CO)ccc21.Cc1ccc(S(=O)(=O)N2CCNC(=O)C2)cc1. The zero-order valence-corrected chi connectivity index (χ0v) is 19.8. The average molecular weight is 474 g/mol. The van der Waals surface area contributed by atoms with Crippen LogP contribution in [0, 0.1) is 6.92 Å². The smallest absolute Gasteiger partial charge is 0.243 e. The van der Waals surface area contributed by atoms with E-state index in [1.54, 1.807) is 31.2 Å². The van der Waals surface area contributed by atoms with Crippen molar-refractivity contribution in [3.05, 3.63) is 64.7 Å². The third-order valence-corrected chi connectivity index (χ3v) is 7.60. The van der Waals surface area contributed by atoms with Crippen molar-refractivity contribution >= 4 is 21.8 Å². The van der Waals surface area contributed by atoms with Crippen molar-refractivity contribution in [1.29, 1.82) is 0 Å². The maximum Gasteiger partial charge on any atom is 0.243 e. The highest BCUT2D eigenvalue weighted by atomic mass is 32.2. The number of hydrogen-bond donors (Lipinski definition) is 3. The lowest BCUT2D eigenvalue weighted by atomic mass is 9.86. The predicted molar refractivity (Wildman–Crippen MR) is 125 cm³/mol. The molecule has 3 N–H and O–H groups in total. The number of amides is 2. The second-order valence-electron chi connectivity index (χ2n) is 8.34. The summed E-state index contributed by atoms with van der Waals surface area (Å²) in [7, 11) is -3.54. The van der Waals surface area contributed by atoms with Gasteiger partial charge in [-0.15, -0.1) is 0 Å². The summed E-state index contributed by atoms with van der Waals surface area (Å²) in [6.07, 6.45) is 3.14. The van der Waals surface area contributed by atoms with Gasteiger partial charge in [-0.05, 0) is 55.0 Å². The molecule has 33 heavy (non-hydrogen) atoms. The molecule has 0 spiro atoms. The molecule has 1 heterocycles. The molecule has 1 fully saturated rings. The van der Waals surface area contributed by atoms with Crippen LogP contribution in [0.15, 0.2) is 47.4 Å². The van der Waals surface area contributed by atoms with E-state index in [2.05, 4.69) is 10.6 Å². The minimum Gasteiger partial charge on any atom is -0.392 e. The van der Waals surface area contributed by atoms with Crippen molar-refractivity contribution in [2.75, 3.05) is 19.6 Å². The van der Waals surface area contributed by atoms with Gasteiger partial charge in [0, 0.05) is 20.0 Å². The molecule has 0 bridgehead atoms. The molecular formula is C24H31N3O5S. The predicted octanol–water partition coefficient (Wildman–Crippen LogP) is 1.81. The minimum absolute atomic E-state index is 0.0177. The van der Waals surface area contributed by atoms with Gasteiger partial charge >= 0.3 is 0 Å². The molecule has 0 saturated carbocycles. The number of rotatable bonds is 4. The van der Waals surface area contributed by atoms with Gasteiger partial charge in [-0.25, -0.2) is 8.42 Å². The van der Waals surface area contributed by atoms with Crippen molar-refractivity contribution in [3.63, 3.8) is 0 Å². The summed E-state index contributed by atoms with van der Waals surface area (Å²) in [6, 6.07) is 12.8. The maximum absolute atomic E-state index is 12.2. The number of carbonyl (C=O) groups excluding carboxylic acids is 2. The molecule has 1 aliphatic heterocycles. The van der Waals surface area contributed by atoms with Crippen LogP contribution >= 0.6 is 0 Å². The van der Waals surface area contributed by atoms with Gasteiger partial charge in [0.25, 0.3) is 0 Å². The number of nitrogens with zero attached hydrogens (tertiary/aromatic N) is 1. The quantitative estimate of drug-likeness (QED) is 0.626. The van der Waals surface area contributed by atoms with Crippen LogP contribution < -0.4 is 10.6 Å². The number of aliphatic hydroxyl groups is 1. The first-order chi connectivity index (χ1) is 15.7. The first kappa shape index (κ1) is 24.9. The molecule has 178 valence electrons. The van der Waals surface area contributed by atoms with Crippen LogP contribution in [0.1, 0.15) is 48.1 Å². The molecule has 1 aliphatic carbocycles. The Morgan fingerprint density at radius 2 is 1.94 bits per heavy atom. The van der Waals surface area contributed by atoms with E-state index in [1.165, 1.54) is 15.4 Å². The van der Waals surface area contributed by atoms with Gasteiger partial charge in [0.2, 0.25) is 21.8 Å². The number of aliphatic hydroxyl groups excluding tert-OH is 1. The monoisotopic (exact) mass is 473 g/mol. The van der Waals surface area contributed by atoms with Gasteiger partial charge in [0.05, 0.1) is 24.1 Å². The summed E-state index contributed by atoms with van der Waals surface area (Å²) in [4.78, 5) is 22.5. The zero-order chi connectivity index (χ0) is 24.0. The topological polar surface area (TPSA) is 116 Å². The Bertz CT molecular complexity index is 1100. The standard InChI is InChI=1S/C13H17NO2.C11H14N2O3S/c1-9(16)14-13-4-2-3-11-7-10(8-15)5-6-12(11)13;1-9-2-4-10(5-3-9)17(15,16)13-7-6-12-11(14)8-13/h5-7,13,15H,2-4,8H2,1H3,(H,14,16);2-5H,6-8H2,1H3,(H,12,14)/t13-;/m1./s1. The van der Waals surface area contributed by atoms with Crippen molar-refractivity contribution in [1.82, 2.24) is 14.9 Å². The summed E-state index contributed by atoms with van der Waals surface area (Å²) in [5, 5.41) is 14.7. The highest BCUT2D eigenvalue weighted by molar-refractivity contribution is 7.89. The summed E-state index contributed by atoms with van der Waals surface area (Å²) in [5.74, 6) is -0.240. The van der Waals surface area contributed by atoms with E-state index in [1.807, 2.05) is 25.1 Å². The number of carbonyl (C=O) groups is 2. The van der Waals surface area contributed by atoms with Crippen LogP contribution in [0.4, 0.5) is 0 Å². The highest BCUT2D eigenvalue weighted by Crippen LogP contribution is 2.30. The fraction of sp³-hybridized carbons (Fsp3) is 0.417. The number of piperazine rings is 1. The van der Waals surface area contributed by atoms with Gasteiger partial charge in [-0.2, -0.15) is 4.31 Å². The average Bonchev–Trinajstić information content (AvgIpc) is 2.79. The minimum atomic E-state index is -3.54. The second-order valence-corrected chi connectivity index (χ2v) is 10.3. The van der Waals surface area contributed by atoms with E-state index in [0.29, 0.717) is 13.1 Å².